The summed E-state index contributed by atoms with van der Waals surface area (Å²) in [6.45, 7) is 1.39. The van der Waals surface area contributed by atoms with Crippen LogP contribution in [0, 0.1) is 10.1 Å². The number of Topliss-reactive ketones (excluding diaryl/α,β-unsaturated/α-hetero) is 1. The normalized spacial score (nSPS) is 12.6. The highest BCUT2D eigenvalue weighted by Gasteiger charge is 2.42. The standard InChI is InChI=1S/C21H17N3O4/c1-15(25)21(17-7-3-2-4-8-17,19-9-5-6-14-22-19)23-20(26)16-10-12-18(13-11-16)24(27)28/h2-14H,1H3,(H,23,26). The molecular formula is C21H17N3O4. The van der Waals surface area contributed by atoms with Gasteiger partial charge in [0.1, 0.15) is 0 Å². The molecule has 0 aliphatic rings. The monoisotopic (exact) mass is 375 g/mol. The van der Waals surface area contributed by atoms with Crippen molar-refractivity contribution in [2.75, 3.05) is 0 Å². The summed E-state index contributed by atoms with van der Waals surface area (Å²) in [5.74, 6) is -0.854. The molecule has 2 aromatic carbocycles. The lowest BCUT2D eigenvalue weighted by atomic mass is 9.82. The van der Waals surface area contributed by atoms with E-state index < -0.39 is 16.4 Å². The molecule has 0 radical (unpaired) electrons. The molecule has 28 heavy (non-hydrogen) atoms. The van der Waals surface area contributed by atoms with Crippen LogP contribution < -0.4 is 5.32 Å². The van der Waals surface area contributed by atoms with E-state index in [9.17, 15) is 19.7 Å². The van der Waals surface area contributed by atoms with E-state index in [2.05, 4.69) is 10.3 Å². The van der Waals surface area contributed by atoms with Crippen molar-refractivity contribution in [1.29, 1.82) is 0 Å². The smallest absolute Gasteiger partial charge is 0.269 e. The quantitative estimate of drug-likeness (QED) is 0.526. The number of carbonyl (C=O) groups excluding carboxylic acids is 2. The Morgan fingerprint density at radius 3 is 2.14 bits per heavy atom. The number of non-ortho nitro benzene ring substituents is 1. The largest absolute Gasteiger partial charge is 0.331 e. The first-order valence-electron chi connectivity index (χ1n) is 8.50. The summed E-state index contributed by atoms with van der Waals surface area (Å²) >= 11 is 0. The van der Waals surface area contributed by atoms with Crippen LogP contribution in [0.1, 0.15) is 28.5 Å². The zero-order chi connectivity index (χ0) is 20.1. The molecule has 7 heteroatoms. The van der Waals surface area contributed by atoms with Gasteiger partial charge in [0.05, 0.1) is 10.6 Å². The summed E-state index contributed by atoms with van der Waals surface area (Å²) in [7, 11) is 0. The Kier molecular flexibility index (Phi) is 5.26. The highest BCUT2D eigenvalue weighted by Crippen LogP contribution is 2.30. The van der Waals surface area contributed by atoms with Gasteiger partial charge in [0, 0.05) is 23.9 Å². The third-order valence-corrected chi connectivity index (χ3v) is 4.43. The van der Waals surface area contributed by atoms with E-state index in [-0.39, 0.29) is 17.0 Å². The Labute approximate surface area is 161 Å². The average molecular weight is 375 g/mol. The number of pyridine rings is 1. The van der Waals surface area contributed by atoms with E-state index in [1.807, 2.05) is 6.07 Å². The number of nitrogens with zero attached hydrogens (tertiary/aromatic N) is 2. The second-order valence-electron chi connectivity index (χ2n) is 6.15. The van der Waals surface area contributed by atoms with Gasteiger partial charge in [-0.25, -0.2) is 0 Å². The molecule has 0 fully saturated rings. The maximum absolute atomic E-state index is 12.9. The molecule has 1 unspecified atom stereocenters. The fourth-order valence-electron chi connectivity index (χ4n) is 3.01. The molecule has 0 saturated heterocycles. The highest BCUT2D eigenvalue weighted by atomic mass is 16.6. The fraction of sp³-hybridized carbons (Fsp3) is 0.0952. The number of carbonyl (C=O) groups is 2. The van der Waals surface area contributed by atoms with Crippen molar-refractivity contribution < 1.29 is 14.5 Å². The van der Waals surface area contributed by atoms with Crippen molar-refractivity contribution in [1.82, 2.24) is 10.3 Å². The summed E-state index contributed by atoms with van der Waals surface area (Å²) in [5, 5.41) is 13.6. The number of amides is 1. The minimum absolute atomic E-state index is 0.123. The van der Waals surface area contributed by atoms with Gasteiger partial charge in [-0.3, -0.25) is 24.7 Å². The second kappa shape index (κ2) is 7.79. The van der Waals surface area contributed by atoms with Gasteiger partial charge < -0.3 is 5.32 Å². The number of nitro groups is 1. The first kappa shape index (κ1) is 18.9. The summed E-state index contributed by atoms with van der Waals surface area (Å²) in [6.07, 6.45) is 1.55. The molecule has 0 aliphatic carbocycles. The maximum Gasteiger partial charge on any atom is 0.269 e. The molecule has 140 valence electrons. The Morgan fingerprint density at radius 1 is 0.964 bits per heavy atom. The number of rotatable bonds is 6. The van der Waals surface area contributed by atoms with Crippen molar-refractivity contribution >= 4 is 17.4 Å². The Balaban J connectivity index is 2.08. The van der Waals surface area contributed by atoms with Crippen LogP contribution in [0.4, 0.5) is 5.69 Å². The third kappa shape index (κ3) is 3.50. The number of nitrogens with one attached hydrogen (secondary N) is 1. The average Bonchev–Trinajstić information content (AvgIpc) is 2.73. The van der Waals surface area contributed by atoms with Crippen LogP contribution in [0.15, 0.2) is 79.0 Å². The molecule has 3 aromatic rings. The van der Waals surface area contributed by atoms with Crippen molar-refractivity contribution in [2.24, 2.45) is 0 Å². The molecule has 3 rings (SSSR count). The van der Waals surface area contributed by atoms with Gasteiger partial charge in [-0.05, 0) is 36.8 Å². The van der Waals surface area contributed by atoms with Crippen molar-refractivity contribution in [3.63, 3.8) is 0 Å². The van der Waals surface area contributed by atoms with Gasteiger partial charge in [-0.15, -0.1) is 0 Å². The summed E-state index contributed by atoms with van der Waals surface area (Å²) in [6, 6.07) is 19.2. The fourth-order valence-corrected chi connectivity index (χ4v) is 3.01. The van der Waals surface area contributed by atoms with Crippen LogP contribution in [0.5, 0.6) is 0 Å². The van der Waals surface area contributed by atoms with Gasteiger partial charge in [-0.1, -0.05) is 36.4 Å². The van der Waals surface area contributed by atoms with Gasteiger partial charge >= 0.3 is 0 Å². The number of aromatic nitrogens is 1. The zero-order valence-corrected chi connectivity index (χ0v) is 15.0. The van der Waals surface area contributed by atoms with Gasteiger partial charge in [0.2, 0.25) is 0 Å². The van der Waals surface area contributed by atoms with Gasteiger partial charge in [0.25, 0.3) is 11.6 Å². The maximum atomic E-state index is 12.9. The number of nitro benzene ring substituents is 1. The van der Waals surface area contributed by atoms with Crippen LogP contribution in [-0.4, -0.2) is 21.6 Å². The molecule has 1 N–H and O–H groups in total. The molecule has 0 bridgehead atoms. The van der Waals surface area contributed by atoms with Crippen molar-refractivity contribution in [2.45, 2.75) is 12.5 Å². The summed E-state index contributed by atoms with van der Waals surface area (Å²) < 4.78 is 0. The number of ketones is 1. The molecule has 0 aliphatic heterocycles. The van der Waals surface area contributed by atoms with E-state index in [1.54, 1.807) is 48.7 Å². The highest BCUT2D eigenvalue weighted by molar-refractivity contribution is 6.01. The zero-order valence-electron chi connectivity index (χ0n) is 15.0. The lowest BCUT2D eigenvalue weighted by molar-refractivity contribution is -0.384. The Morgan fingerprint density at radius 2 is 1.61 bits per heavy atom. The lowest BCUT2D eigenvalue weighted by Crippen LogP contribution is -2.52. The van der Waals surface area contributed by atoms with Crippen LogP contribution in [0.3, 0.4) is 0 Å². The summed E-state index contributed by atoms with van der Waals surface area (Å²) in [4.78, 5) is 40.4. The Hall–Kier alpha value is -3.87. The number of hydrogen-bond acceptors (Lipinski definition) is 5. The third-order valence-electron chi connectivity index (χ3n) is 4.43. The molecule has 1 heterocycles. The van der Waals surface area contributed by atoms with E-state index in [0.717, 1.165) is 0 Å². The van der Waals surface area contributed by atoms with Crippen LogP contribution >= 0.6 is 0 Å². The minimum atomic E-state index is -1.48. The van der Waals surface area contributed by atoms with E-state index in [0.29, 0.717) is 11.3 Å². The van der Waals surface area contributed by atoms with E-state index >= 15 is 0 Å². The molecule has 7 nitrogen and oxygen atoms in total. The van der Waals surface area contributed by atoms with Crippen LogP contribution in [0.25, 0.3) is 0 Å². The van der Waals surface area contributed by atoms with Crippen LogP contribution in [0.2, 0.25) is 0 Å². The SMILES string of the molecule is CC(=O)C(NC(=O)c1ccc([N+](=O)[O-])cc1)(c1ccccc1)c1ccccn1. The second-order valence-corrected chi connectivity index (χ2v) is 6.15. The molecule has 1 aromatic heterocycles. The molecule has 1 atom stereocenters. The number of benzene rings is 2. The molecular weight excluding hydrogens is 358 g/mol. The summed E-state index contributed by atoms with van der Waals surface area (Å²) in [5.41, 5.74) is -0.466. The molecule has 0 spiro atoms. The van der Waals surface area contributed by atoms with E-state index in [1.165, 1.54) is 31.2 Å². The van der Waals surface area contributed by atoms with Crippen molar-refractivity contribution in [3.8, 4) is 0 Å². The van der Waals surface area contributed by atoms with Gasteiger partial charge in [-0.2, -0.15) is 0 Å². The Bertz CT molecular complexity index is 963. The van der Waals surface area contributed by atoms with Crippen molar-refractivity contribution in [3.05, 3.63) is 106 Å². The lowest BCUT2D eigenvalue weighted by Gasteiger charge is -2.32. The van der Waals surface area contributed by atoms with Gasteiger partial charge in [0.15, 0.2) is 11.3 Å². The topological polar surface area (TPSA) is 102 Å². The minimum Gasteiger partial charge on any atom is -0.331 e. The van der Waals surface area contributed by atoms with E-state index in [4.69, 9.17) is 0 Å². The number of hydrogen-bond donors (Lipinski definition) is 1. The first-order chi connectivity index (χ1) is 13.4. The molecule has 0 saturated carbocycles. The predicted molar refractivity (Wildman–Crippen MR) is 103 cm³/mol. The first-order valence-corrected chi connectivity index (χ1v) is 8.50. The predicted octanol–water partition coefficient (Wildman–Crippen LogP) is 3.25. The van der Waals surface area contributed by atoms with Crippen LogP contribution in [-0.2, 0) is 10.3 Å². The molecule has 1 amide bonds.